The van der Waals surface area contributed by atoms with Gasteiger partial charge >= 0.3 is 6.03 Å². The summed E-state index contributed by atoms with van der Waals surface area (Å²) in [5.41, 5.74) is 6.21. The third kappa shape index (κ3) is 7.63. The van der Waals surface area contributed by atoms with Crippen molar-refractivity contribution in [1.82, 2.24) is 5.32 Å². The number of hydrogen-bond donors (Lipinski definition) is 2. The lowest BCUT2D eigenvalue weighted by molar-refractivity contribution is 0.0608. The molecule has 0 spiro atoms. The number of carbonyl (C=O) groups is 1. The van der Waals surface area contributed by atoms with Gasteiger partial charge in [0, 0.05) is 25.4 Å². The second-order valence-corrected chi connectivity index (χ2v) is 7.25. The van der Waals surface area contributed by atoms with Crippen LogP contribution in [0.25, 0.3) is 0 Å². The van der Waals surface area contributed by atoms with Crippen molar-refractivity contribution in [3.63, 3.8) is 0 Å². The van der Waals surface area contributed by atoms with Crippen molar-refractivity contribution in [3.8, 4) is 0 Å². The van der Waals surface area contributed by atoms with Gasteiger partial charge in [-0.3, -0.25) is 0 Å². The van der Waals surface area contributed by atoms with Gasteiger partial charge in [-0.25, -0.2) is 4.79 Å². The summed E-state index contributed by atoms with van der Waals surface area (Å²) in [7, 11) is 0. The normalized spacial score (nSPS) is 12.3. The molecule has 0 aliphatic carbocycles. The highest BCUT2D eigenvalue weighted by atomic mass is 16.6. The van der Waals surface area contributed by atoms with Crippen LogP contribution < -0.4 is 10.6 Å². The van der Waals surface area contributed by atoms with Gasteiger partial charge in [0.15, 0.2) is 6.10 Å². The minimum Gasteiger partial charge on any atom is -0.388 e. The molecule has 162 valence electrons. The van der Waals surface area contributed by atoms with Crippen molar-refractivity contribution in [2.45, 2.75) is 33.3 Å². The number of urea groups is 1. The van der Waals surface area contributed by atoms with Gasteiger partial charge in [-0.05, 0) is 60.7 Å². The summed E-state index contributed by atoms with van der Waals surface area (Å²) in [6, 6.07) is 13.7. The van der Waals surface area contributed by atoms with Crippen LogP contribution in [0.5, 0.6) is 0 Å². The maximum Gasteiger partial charge on any atom is 0.319 e. The lowest BCUT2D eigenvalue weighted by Crippen LogP contribution is -2.30. The van der Waals surface area contributed by atoms with Crippen molar-refractivity contribution in [2.24, 2.45) is 5.16 Å². The molecule has 0 aromatic heterocycles. The van der Waals surface area contributed by atoms with Gasteiger partial charge in [-0.1, -0.05) is 61.2 Å². The van der Waals surface area contributed by atoms with E-state index in [-0.39, 0.29) is 12.1 Å². The van der Waals surface area contributed by atoms with Crippen LogP contribution in [0.2, 0.25) is 0 Å². The van der Waals surface area contributed by atoms with Gasteiger partial charge in [0.25, 0.3) is 0 Å². The number of amides is 2. The van der Waals surface area contributed by atoms with Gasteiger partial charge in [-0.2, -0.15) is 0 Å². The van der Waals surface area contributed by atoms with E-state index < -0.39 is 0 Å². The van der Waals surface area contributed by atoms with E-state index in [1.165, 1.54) is 11.1 Å². The van der Waals surface area contributed by atoms with E-state index in [9.17, 15) is 4.79 Å². The van der Waals surface area contributed by atoms with E-state index in [2.05, 4.69) is 61.1 Å². The van der Waals surface area contributed by atoms with Crippen molar-refractivity contribution in [3.05, 3.63) is 101 Å². The van der Waals surface area contributed by atoms with Crippen molar-refractivity contribution >= 4 is 18.4 Å². The zero-order valence-electron chi connectivity index (χ0n) is 18.5. The Morgan fingerprint density at radius 2 is 1.90 bits per heavy atom. The fraction of sp³-hybridized carbons (Fsp3) is 0.231. The van der Waals surface area contributed by atoms with Gasteiger partial charge in [0.1, 0.15) is 0 Å². The Kier molecular flexibility index (Phi) is 9.30. The number of hydrogen-bond acceptors (Lipinski definition) is 3. The van der Waals surface area contributed by atoms with Crippen LogP contribution in [0.3, 0.4) is 0 Å². The maximum atomic E-state index is 12.2. The lowest BCUT2D eigenvalue weighted by Gasteiger charge is -2.17. The predicted octanol–water partition coefficient (Wildman–Crippen LogP) is 6.03. The molecule has 2 rings (SSSR count). The SMILES string of the molecule is C=CC(=CC=CC)CNC(=O)Nc1ccc(CC(ON=C)c2ccc(C)c(C)c2)cc1. The number of nitrogens with one attached hydrogen (secondary N) is 2. The number of oxime groups is 1. The van der Waals surface area contributed by atoms with E-state index in [0.29, 0.717) is 18.7 Å². The van der Waals surface area contributed by atoms with E-state index in [1.54, 1.807) is 6.08 Å². The second-order valence-electron chi connectivity index (χ2n) is 7.25. The minimum atomic E-state index is -0.270. The van der Waals surface area contributed by atoms with Gasteiger partial charge in [0.2, 0.25) is 0 Å². The van der Waals surface area contributed by atoms with Gasteiger partial charge in [0.05, 0.1) is 0 Å². The quantitative estimate of drug-likeness (QED) is 0.282. The molecule has 0 radical (unpaired) electrons. The van der Waals surface area contributed by atoms with Gasteiger partial charge in [-0.15, -0.1) is 5.16 Å². The number of aryl methyl sites for hydroxylation is 2. The van der Waals surface area contributed by atoms with Crippen LogP contribution >= 0.6 is 0 Å². The Morgan fingerprint density at radius 3 is 2.52 bits per heavy atom. The van der Waals surface area contributed by atoms with Crippen LogP contribution in [0.4, 0.5) is 10.5 Å². The molecule has 1 atom stereocenters. The fourth-order valence-electron chi connectivity index (χ4n) is 2.99. The molecule has 2 amide bonds. The molecular weight excluding hydrogens is 386 g/mol. The third-order valence-corrected chi connectivity index (χ3v) is 4.96. The molecule has 5 heteroatoms. The molecule has 0 saturated heterocycles. The number of nitrogens with zero attached hydrogens (tertiary/aromatic N) is 1. The monoisotopic (exact) mass is 417 g/mol. The summed E-state index contributed by atoms with van der Waals surface area (Å²) >= 11 is 0. The first kappa shape index (κ1) is 23.7. The molecule has 0 saturated carbocycles. The maximum absolute atomic E-state index is 12.2. The number of rotatable bonds is 10. The molecule has 31 heavy (non-hydrogen) atoms. The van der Waals surface area contributed by atoms with Crippen LogP contribution in [-0.4, -0.2) is 19.3 Å². The van der Waals surface area contributed by atoms with Crippen molar-refractivity contribution in [2.75, 3.05) is 11.9 Å². The van der Waals surface area contributed by atoms with Gasteiger partial charge < -0.3 is 15.5 Å². The highest BCUT2D eigenvalue weighted by Crippen LogP contribution is 2.25. The van der Waals surface area contributed by atoms with Crippen molar-refractivity contribution in [1.29, 1.82) is 0 Å². The average Bonchev–Trinajstić information content (AvgIpc) is 2.77. The molecule has 0 fully saturated rings. The molecule has 2 N–H and O–H groups in total. The van der Waals surface area contributed by atoms with E-state index >= 15 is 0 Å². The second kappa shape index (κ2) is 12.2. The Balaban J connectivity index is 1.98. The van der Waals surface area contributed by atoms with Crippen LogP contribution in [0.1, 0.15) is 35.3 Å². The largest absolute Gasteiger partial charge is 0.388 e. The van der Waals surface area contributed by atoms with E-state index in [1.807, 2.05) is 49.4 Å². The zero-order valence-corrected chi connectivity index (χ0v) is 18.5. The molecule has 2 aromatic rings. The third-order valence-electron chi connectivity index (χ3n) is 4.96. The molecule has 0 aliphatic heterocycles. The van der Waals surface area contributed by atoms with Crippen LogP contribution in [0.15, 0.2) is 84.1 Å². The number of anilines is 1. The van der Waals surface area contributed by atoms with Crippen molar-refractivity contribution < 1.29 is 9.63 Å². The molecule has 5 nitrogen and oxygen atoms in total. The number of carbonyl (C=O) groups excluding carboxylic acids is 1. The van der Waals surface area contributed by atoms with E-state index in [4.69, 9.17) is 4.84 Å². The molecule has 0 aliphatic rings. The highest BCUT2D eigenvalue weighted by Gasteiger charge is 2.15. The summed E-state index contributed by atoms with van der Waals surface area (Å²) in [4.78, 5) is 17.7. The first-order valence-corrected chi connectivity index (χ1v) is 10.2. The molecule has 2 aromatic carbocycles. The van der Waals surface area contributed by atoms with Crippen LogP contribution in [0, 0.1) is 13.8 Å². The molecule has 0 heterocycles. The molecule has 1 unspecified atom stereocenters. The lowest BCUT2D eigenvalue weighted by atomic mass is 9.98. The Morgan fingerprint density at radius 1 is 1.16 bits per heavy atom. The fourth-order valence-corrected chi connectivity index (χ4v) is 2.99. The Labute approximate surface area is 185 Å². The van der Waals surface area contributed by atoms with E-state index in [0.717, 1.165) is 16.7 Å². The molecular formula is C26H31N3O2. The summed E-state index contributed by atoms with van der Waals surface area (Å²) in [6.07, 6.45) is 7.89. The molecule has 0 bridgehead atoms. The number of allylic oxidation sites excluding steroid dienone is 3. The summed E-state index contributed by atoms with van der Waals surface area (Å²) in [5, 5.41) is 9.31. The first-order valence-electron chi connectivity index (χ1n) is 10.2. The predicted molar refractivity (Wildman–Crippen MR) is 130 cm³/mol. The topological polar surface area (TPSA) is 62.7 Å². The average molecular weight is 418 g/mol. The Hall–Kier alpha value is -3.60. The zero-order chi connectivity index (χ0) is 22.6. The first-order chi connectivity index (χ1) is 15.0. The minimum absolute atomic E-state index is 0.222. The number of benzene rings is 2. The highest BCUT2D eigenvalue weighted by molar-refractivity contribution is 5.89. The standard InChI is InChI=1S/C26H31N3O2/c1-6-8-9-21(7-2)18-28-26(30)29-24-14-11-22(12-15-24)17-25(31-27-5)23-13-10-19(3)20(4)16-23/h6-16,25H,2,5,17-18H2,1,3-4H3,(H2,28,29,30). The summed E-state index contributed by atoms with van der Waals surface area (Å²) < 4.78 is 0. The summed E-state index contributed by atoms with van der Waals surface area (Å²) in [5.74, 6) is 0. The van der Waals surface area contributed by atoms with Crippen LogP contribution in [-0.2, 0) is 11.3 Å². The Bertz CT molecular complexity index is 959. The smallest absolute Gasteiger partial charge is 0.319 e. The summed E-state index contributed by atoms with van der Waals surface area (Å²) in [6.45, 7) is 13.7.